The smallest absolute Gasteiger partial charge is 0.243 e. The van der Waals surface area contributed by atoms with Gasteiger partial charge in [0.2, 0.25) is 10.0 Å². The van der Waals surface area contributed by atoms with E-state index in [0.29, 0.717) is 24.0 Å². The van der Waals surface area contributed by atoms with Crippen LogP contribution in [0.25, 0.3) is 0 Å². The quantitative estimate of drug-likeness (QED) is 0.897. The molecule has 0 aromatic heterocycles. The molecule has 2 saturated heterocycles. The highest BCUT2D eigenvalue weighted by molar-refractivity contribution is 7.89. The Kier molecular flexibility index (Phi) is 4.31. The van der Waals surface area contributed by atoms with Gasteiger partial charge in [-0.2, -0.15) is 4.31 Å². The van der Waals surface area contributed by atoms with Gasteiger partial charge in [0.05, 0.1) is 4.90 Å². The van der Waals surface area contributed by atoms with Crippen LogP contribution < -0.4 is 5.32 Å². The van der Waals surface area contributed by atoms with E-state index in [-0.39, 0.29) is 0 Å². The molecule has 21 heavy (non-hydrogen) atoms. The minimum atomic E-state index is -3.35. The summed E-state index contributed by atoms with van der Waals surface area (Å²) in [6.07, 6.45) is 2.31. The molecule has 2 aliphatic heterocycles. The van der Waals surface area contributed by atoms with Crippen molar-refractivity contribution in [3.63, 3.8) is 0 Å². The van der Waals surface area contributed by atoms with E-state index in [1.165, 1.54) is 6.42 Å². The van der Waals surface area contributed by atoms with E-state index in [9.17, 15) is 8.42 Å². The van der Waals surface area contributed by atoms with E-state index >= 15 is 0 Å². The van der Waals surface area contributed by atoms with Gasteiger partial charge in [-0.25, -0.2) is 8.42 Å². The summed E-state index contributed by atoms with van der Waals surface area (Å²) in [5, 5.41) is 3.07. The monoisotopic (exact) mass is 309 g/mol. The van der Waals surface area contributed by atoms with Gasteiger partial charge < -0.3 is 5.32 Å². The van der Waals surface area contributed by atoms with Crippen molar-refractivity contribution in [1.82, 2.24) is 14.5 Å². The van der Waals surface area contributed by atoms with Crippen LogP contribution in [0, 0.1) is 0 Å². The Morgan fingerprint density at radius 3 is 2.67 bits per heavy atom. The summed E-state index contributed by atoms with van der Waals surface area (Å²) >= 11 is 0. The zero-order chi connectivity index (χ0) is 14.9. The van der Waals surface area contributed by atoms with E-state index in [2.05, 4.69) is 10.2 Å². The Bertz CT molecular complexity index is 585. The van der Waals surface area contributed by atoms with Crippen LogP contribution in [0.5, 0.6) is 0 Å². The molecule has 1 atom stereocenters. The first-order valence-corrected chi connectivity index (χ1v) is 9.03. The van der Waals surface area contributed by atoms with Gasteiger partial charge >= 0.3 is 0 Å². The Morgan fingerprint density at radius 1 is 1.19 bits per heavy atom. The highest BCUT2D eigenvalue weighted by Gasteiger charge is 2.36. The molecule has 0 saturated carbocycles. The van der Waals surface area contributed by atoms with Crippen LogP contribution in [0.15, 0.2) is 29.2 Å². The Hall–Kier alpha value is -0.950. The number of nitrogens with zero attached hydrogens (tertiary/aromatic N) is 2. The molecule has 0 spiro atoms. The second-order valence-electron chi connectivity index (χ2n) is 5.87. The Morgan fingerprint density at radius 2 is 1.95 bits per heavy atom. The van der Waals surface area contributed by atoms with Crippen molar-refractivity contribution in [1.29, 1.82) is 0 Å². The van der Waals surface area contributed by atoms with E-state index in [0.717, 1.165) is 31.6 Å². The summed E-state index contributed by atoms with van der Waals surface area (Å²) in [7, 11) is -1.47. The molecule has 0 radical (unpaired) electrons. The lowest BCUT2D eigenvalue weighted by molar-refractivity contribution is 0.158. The number of rotatable bonds is 4. The molecule has 5 nitrogen and oxygen atoms in total. The summed E-state index contributed by atoms with van der Waals surface area (Å²) in [5.74, 6) is 0. The number of hydrogen-bond donors (Lipinski definition) is 1. The fraction of sp³-hybridized carbons (Fsp3) is 0.600. The van der Waals surface area contributed by atoms with Gasteiger partial charge in [-0.3, -0.25) is 4.90 Å². The number of benzene rings is 1. The lowest BCUT2D eigenvalue weighted by Gasteiger charge is -2.36. The first-order valence-electron chi connectivity index (χ1n) is 7.59. The topological polar surface area (TPSA) is 52.7 Å². The summed E-state index contributed by atoms with van der Waals surface area (Å²) in [5.41, 5.74) is 1.09. The second kappa shape index (κ2) is 6.04. The van der Waals surface area contributed by atoms with Crippen molar-refractivity contribution in [3.05, 3.63) is 29.8 Å². The Balaban J connectivity index is 1.76. The van der Waals surface area contributed by atoms with Crippen molar-refractivity contribution < 1.29 is 8.42 Å². The van der Waals surface area contributed by atoms with Gasteiger partial charge in [-0.15, -0.1) is 0 Å². The van der Waals surface area contributed by atoms with E-state index < -0.39 is 10.0 Å². The van der Waals surface area contributed by atoms with Crippen molar-refractivity contribution in [2.75, 3.05) is 33.2 Å². The lowest BCUT2D eigenvalue weighted by atomic mass is 10.2. The second-order valence-corrected chi connectivity index (χ2v) is 7.81. The highest BCUT2D eigenvalue weighted by atomic mass is 32.2. The SMILES string of the molecule is CNCc1ccc(S(=O)(=O)N2CCN3CCCC3C2)cc1. The molecule has 1 N–H and O–H groups in total. The molecule has 0 bridgehead atoms. The third kappa shape index (κ3) is 2.99. The van der Waals surface area contributed by atoms with Gasteiger partial charge in [0.1, 0.15) is 0 Å². The van der Waals surface area contributed by atoms with Crippen molar-refractivity contribution in [2.24, 2.45) is 0 Å². The van der Waals surface area contributed by atoms with Crippen LogP contribution in [0.4, 0.5) is 0 Å². The first-order chi connectivity index (χ1) is 10.1. The minimum absolute atomic E-state index is 0.411. The van der Waals surface area contributed by atoms with Crippen LogP contribution in [-0.4, -0.2) is 56.9 Å². The number of piperazine rings is 1. The maximum Gasteiger partial charge on any atom is 0.243 e. The predicted octanol–water partition coefficient (Wildman–Crippen LogP) is 0.875. The Labute approximate surface area is 127 Å². The average Bonchev–Trinajstić information content (AvgIpc) is 2.95. The number of sulfonamides is 1. The molecule has 2 fully saturated rings. The van der Waals surface area contributed by atoms with E-state index in [1.807, 2.05) is 19.2 Å². The third-order valence-corrected chi connectivity index (χ3v) is 6.37. The fourth-order valence-electron chi connectivity index (χ4n) is 3.31. The number of fused-ring (bicyclic) bond motifs is 1. The zero-order valence-electron chi connectivity index (χ0n) is 12.5. The molecule has 6 heteroatoms. The third-order valence-electron chi connectivity index (χ3n) is 4.49. The summed E-state index contributed by atoms with van der Waals surface area (Å²) < 4.78 is 27.1. The van der Waals surface area contributed by atoms with E-state index in [1.54, 1.807) is 16.4 Å². The molecule has 1 unspecified atom stereocenters. The molecule has 116 valence electrons. The van der Waals surface area contributed by atoms with Crippen molar-refractivity contribution >= 4 is 10.0 Å². The summed E-state index contributed by atoms with van der Waals surface area (Å²) in [6.45, 7) is 3.98. The normalized spacial score (nSPS) is 24.1. The van der Waals surface area contributed by atoms with Crippen LogP contribution in [-0.2, 0) is 16.6 Å². The van der Waals surface area contributed by atoms with Crippen LogP contribution >= 0.6 is 0 Å². The van der Waals surface area contributed by atoms with Gasteiger partial charge in [0.15, 0.2) is 0 Å². The lowest BCUT2D eigenvalue weighted by Crippen LogP contribution is -2.51. The summed E-state index contributed by atoms with van der Waals surface area (Å²) in [4.78, 5) is 2.83. The maximum absolute atomic E-state index is 12.7. The van der Waals surface area contributed by atoms with Crippen LogP contribution in [0.2, 0.25) is 0 Å². The highest BCUT2D eigenvalue weighted by Crippen LogP contribution is 2.25. The molecule has 0 aliphatic carbocycles. The van der Waals surface area contributed by atoms with E-state index in [4.69, 9.17) is 0 Å². The van der Waals surface area contributed by atoms with Gasteiger partial charge in [-0.05, 0) is 44.1 Å². The predicted molar refractivity (Wildman–Crippen MR) is 82.6 cm³/mol. The van der Waals surface area contributed by atoms with Gasteiger partial charge in [-0.1, -0.05) is 12.1 Å². The molecule has 2 heterocycles. The summed E-state index contributed by atoms with van der Waals surface area (Å²) in [6, 6.07) is 7.63. The molecule has 1 aromatic carbocycles. The molecule has 2 aliphatic rings. The molecular weight excluding hydrogens is 286 g/mol. The standard InChI is InChI=1S/C15H23N3O2S/c1-16-11-13-4-6-15(7-5-13)21(19,20)18-10-9-17-8-2-3-14(17)12-18/h4-7,14,16H,2-3,8-12H2,1H3. The van der Waals surface area contributed by atoms with Crippen molar-refractivity contribution in [3.8, 4) is 0 Å². The molecular formula is C15H23N3O2S. The molecule has 1 aromatic rings. The average molecular weight is 309 g/mol. The van der Waals surface area contributed by atoms with Gasteiger partial charge in [0.25, 0.3) is 0 Å². The fourth-order valence-corrected chi connectivity index (χ4v) is 4.78. The van der Waals surface area contributed by atoms with Crippen LogP contribution in [0.1, 0.15) is 18.4 Å². The molecule has 0 amide bonds. The van der Waals surface area contributed by atoms with Crippen LogP contribution in [0.3, 0.4) is 0 Å². The number of nitrogens with one attached hydrogen (secondary N) is 1. The molecule has 3 rings (SSSR count). The number of hydrogen-bond acceptors (Lipinski definition) is 4. The zero-order valence-corrected chi connectivity index (χ0v) is 13.3. The van der Waals surface area contributed by atoms with Gasteiger partial charge in [0, 0.05) is 32.2 Å². The first kappa shape index (κ1) is 15.0. The largest absolute Gasteiger partial charge is 0.316 e. The minimum Gasteiger partial charge on any atom is -0.316 e. The van der Waals surface area contributed by atoms with Crippen molar-refractivity contribution in [2.45, 2.75) is 30.3 Å². The maximum atomic E-state index is 12.7.